The van der Waals surface area contributed by atoms with E-state index in [4.69, 9.17) is 9.47 Å². The van der Waals surface area contributed by atoms with Crippen molar-refractivity contribution in [1.29, 1.82) is 5.26 Å². The summed E-state index contributed by atoms with van der Waals surface area (Å²) in [5.74, 6) is 1.54. The lowest BCUT2D eigenvalue weighted by molar-refractivity contribution is 0.415. The SMILES string of the molecule is COc1ccc(/C=C(\C#N)c2nc(-c3ccccc3OC)cs2)cc1. The fourth-order valence-electron chi connectivity index (χ4n) is 2.39. The molecule has 0 aliphatic carbocycles. The highest BCUT2D eigenvalue weighted by molar-refractivity contribution is 7.11. The van der Waals surface area contributed by atoms with Gasteiger partial charge in [0.15, 0.2) is 0 Å². The number of methoxy groups -OCH3 is 2. The lowest BCUT2D eigenvalue weighted by Gasteiger charge is -2.04. The summed E-state index contributed by atoms with van der Waals surface area (Å²) in [6.45, 7) is 0. The maximum absolute atomic E-state index is 9.52. The van der Waals surface area contributed by atoms with Crippen molar-refractivity contribution in [3.05, 3.63) is 64.5 Å². The summed E-state index contributed by atoms with van der Waals surface area (Å²) in [6, 6.07) is 17.5. The van der Waals surface area contributed by atoms with Crippen LogP contribution in [-0.4, -0.2) is 19.2 Å². The van der Waals surface area contributed by atoms with Gasteiger partial charge in [-0.2, -0.15) is 5.26 Å². The van der Waals surface area contributed by atoms with Crippen molar-refractivity contribution in [2.45, 2.75) is 0 Å². The number of nitriles is 1. The van der Waals surface area contributed by atoms with E-state index in [0.29, 0.717) is 10.6 Å². The number of thiazole rings is 1. The smallest absolute Gasteiger partial charge is 0.134 e. The zero-order valence-electron chi connectivity index (χ0n) is 13.9. The van der Waals surface area contributed by atoms with Gasteiger partial charge in [-0.25, -0.2) is 4.98 Å². The molecule has 0 aliphatic rings. The number of ether oxygens (including phenoxy) is 2. The van der Waals surface area contributed by atoms with Crippen LogP contribution in [0.3, 0.4) is 0 Å². The molecule has 0 saturated carbocycles. The van der Waals surface area contributed by atoms with E-state index in [9.17, 15) is 5.26 Å². The highest BCUT2D eigenvalue weighted by atomic mass is 32.1. The van der Waals surface area contributed by atoms with E-state index < -0.39 is 0 Å². The van der Waals surface area contributed by atoms with Crippen molar-refractivity contribution in [3.8, 4) is 28.8 Å². The van der Waals surface area contributed by atoms with Gasteiger partial charge in [-0.3, -0.25) is 0 Å². The van der Waals surface area contributed by atoms with Crippen LogP contribution in [0.4, 0.5) is 0 Å². The van der Waals surface area contributed by atoms with Gasteiger partial charge < -0.3 is 9.47 Å². The summed E-state index contributed by atoms with van der Waals surface area (Å²) in [4.78, 5) is 4.61. The van der Waals surface area contributed by atoms with E-state index in [-0.39, 0.29) is 0 Å². The molecule has 0 spiro atoms. The van der Waals surface area contributed by atoms with E-state index in [2.05, 4.69) is 11.1 Å². The zero-order valence-corrected chi connectivity index (χ0v) is 14.7. The Morgan fingerprint density at radius 1 is 1.08 bits per heavy atom. The van der Waals surface area contributed by atoms with Gasteiger partial charge in [-0.05, 0) is 35.9 Å². The summed E-state index contributed by atoms with van der Waals surface area (Å²) < 4.78 is 10.5. The maximum atomic E-state index is 9.52. The first-order chi connectivity index (χ1) is 12.2. The van der Waals surface area contributed by atoms with Gasteiger partial charge in [0.1, 0.15) is 22.6 Å². The molecule has 1 aromatic heterocycles. The fraction of sp³-hybridized carbons (Fsp3) is 0.100. The van der Waals surface area contributed by atoms with E-state index in [1.807, 2.05) is 60.0 Å². The van der Waals surface area contributed by atoms with Gasteiger partial charge in [-0.15, -0.1) is 11.3 Å². The Hall–Kier alpha value is -3.10. The van der Waals surface area contributed by atoms with E-state index >= 15 is 0 Å². The van der Waals surface area contributed by atoms with Crippen LogP contribution in [0.15, 0.2) is 53.9 Å². The molecule has 3 rings (SSSR count). The molecule has 0 fully saturated rings. The summed E-state index contributed by atoms with van der Waals surface area (Å²) in [5, 5.41) is 12.1. The van der Waals surface area contributed by atoms with Crippen molar-refractivity contribution in [3.63, 3.8) is 0 Å². The van der Waals surface area contributed by atoms with Gasteiger partial charge in [-0.1, -0.05) is 24.3 Å². The molecule has 3 aromatic rings. The van der Waals surface area contributed by atoms with Crippen LogP contribution in [0.2, 0.25) is 0 Å². The minimum Gasteiger partial charge on any atom is -0.497 e. The number of hydrogen-bond donors (Lipinski definition) is 0. The highest BCUT2D eigenvalue weighted by Crippen LogP contribution is 2.32. The number of benzene rings is 2. The first-order valence-electron chi connectivity index (χ1n) is 7.60. The van der Waals surface area contributed by atoms with Crippen LogP contribution in [-0.2, 0) is 0 Å². The monoisotopic (exact) mass is 348 g/mol. The van der Waals surface area contributed by atoms with E-state index in [1.165, 1.54) is 11.3 Å². The van der Waals surface area contributed by atoms with Gasteiger partial charge in [0.25, 0.3) is 0 Å². The average molecular weight is 348 g/mol. The van der Waals surface area contributed by atoms with E-state index in [0.717, 1.165) is 28.3 Å². The second-order valence-electron chi connectivity index (χ2n) is 5.18. The molecule has 4 nitrogen and oxygen atoms in total. The van der Waals surface area contributed by atoms with Crippen molar-refractivity contribution < 1.29 is 9.47 Å². The highest BCUT2D eigenvalue weighted by Gasteiger charge is 2.12. The summed E-state index contributed by atoms with van der Waals surface area (Å²) in [7, 11) is 3.26. The molecule has 0 bridgehead atoms. The average Bonchev–Trinajstić information content (AvgIpc) is 3.16. The Bertz CT molecular complexity index is 937. The quantitative estimate of drug-likeness (QED) is 0.616. The molecule has 25 heavy (non-hydrogen) atoms. The number of hydrogen-bond acceptors (Lipinski definition) is 5. The van der Waals surface area contributed by atoms with Crippen molar-refractivity contribution in [2.75, 3.05) is 14.2 Å². The van der Waals surface area contributed by atoms with Crippen LogP contribution >= 0.6 is 11.3 Å². The predicted molar refractivity (Wildman–Crippen MR) is 101 cm³/mol. The first kappa shape index (κ1) is 16.7. The molecule has 0 N–H and O–H groups in total. The third-order valence-electron chi connectivity index (χ3n) is 3.66. The number of aromatic nitrogens is 1. The minimum absolute atomic E-state index is 0.524. The Morgan fingerprint density at radius 3 is 2.52 bits per heavy atom. The predicted octanol–water partition coefficient (Wildman–Crippen LogP) is 4.89. The zero-order chi connectivity index (χ0) is 17.6. The van der Waals surface area contributed by atoms with Crippen molar-refractivity contribution in [1.82, 2.24) is 4.98 Å². The fourth-order valence-corrected chi connectivity index (χ4v) is 3.17. The summed E-state index contributed by atoms with van der Waals surface area (Å²) >= 11 is 1.44. The normalized spacial score (nSPS) is 11.0. The van der Waals surface area contributed by atoms with E-state index in [1.54, 1.807) is 14.2 Å². The largest absolute Gasteiger partial charge is 0.497 e. The van der Waals surface area contributed by atoms with Gasteiger partial charge in [0.2, 0.25) is 0 Å². The molecular weight excluding hydrogens is 332 g/mol. The second kappa shape index (κ2) is 7.65. The number of nitrogens with zero attached hydrogens (tertiary/aromatic N) is 2. The van der Waals surface area contributed by atoms with Gasteiger partial charge >= 0.3 is 0 Å². The molecule has 0 radical (unpaired) electrons. The van der Waals surface area contributed by atoms with Crippen LogP contribution in [0.5, 0.6) is 11.5 Å². The van der Waals surface area contributed by atoms with Crippen LogP contribution in [0.1, 0.15) is 10.6 Å². The van der Waals surface area contributed by atoms with Crippen LogP contribution < -0.4 is 9.47 Å². The Labute approximate surface area is 150 Å². The molecular formula is C20H16N2O2S. The van der Waals surface area contributed by atoms with Gasteiger partial charge in [0, 0.05) is 10.9 Å². The number of para-hydroxylation sites is 1. The Balaban J connectivity index is 1.93. The third kappa shape index (κ3) is 3.70. The molecule has 0 unspecified atom stereocenters. The third-order valence-corrected chi connectivity index (χ3v) is 4.54. The Kier molecular flexibility index (Phi) is 5.12. The summed E-state index contributed by atoms with van der Waals surface area (Å²) in [6.07, 6.45) is 1.82. The summed E-state index contributed by atoms with van der Waals surface area (Å²) in [5.41, 5.74) is 3.16. The Morgan fingerprint density at radius 2 is 1.84 bits per heavy atom. The van der Waals surface area contributed by atoms with Crippen molar-refractivity contribution >= 4 is 23.0 Å². The number of rotatable bonds is 5. The van der Waals surface area contributed by atoms with Gasteiger partial charge in [0.05, 0.1) is 25.5 Å². The maximum Gasteiger partial charge on any atom is 0.134 e. The molecule has 0 atom stereocenters. The molecule has 0 aliphatic heterocycles. The standard InChI is InChI=1S/C20H16N2O2S/c1-23-16-9-7-14(8-10-16)11-15(12-21)20-22-18(13-25-20)17-5-3-4-6-19(17)24-2/h3-11,13H,1-2H3/b15-11+. The molecule has 0 saturated heterocycles. The molecule has 2 aromatic carbocycles. The first-order valence-corrected chi connectivity index (χ1v) is 8.48. The lowest BCUT2D eigenvalue weighted by Crippen LogP contribution is -1.88. The molecule has 1 heterocycles. The van der Waals surface area contributed by atoms with Crippen LogP contribution in [0.25, 0.3) is 22.9 Å². The topological polar surface area (TPSA) is 55.1 Å². The van der Waals surface area contributed by atoms with Crippen LogP contribution in [0, 0.1) is 11.3 Å². The number of allylic oxidation sites excluding steroid dienone is 1. The minimum atomic E-state index is 0.524. The molecule has 0 amide bonds. The van der Waals surface area contributed by atoms with Crippen molar-refractivity contribution in [2.24, 2.45) is 0 Å². The molecule has 5 heteroatoms. The molecule has 124 valence electrons. The second-order valence-corrected chi connectivity index (χ2v) is 6.04. The lowest BCUT2D eigenvalue weighted by atomic mass is 10.1.